The molecule has 3 amide bonds. The Kier molecular flexibility index (Phi) is 9.54. The SMILES string of the molecule is C/C=C\CC(NC(=O)CN1C(=O)C(NC(=O)CN)CC[C@H]1CCC)c1ccccc1. The third-order valence-corrected chi connectivity index (χ3v) is 5.41. The van der Waals surface area contributed by atoms with Crippen LogP contribution < -0.4 is 16.4 Å². The van der Waals surface area contributed by atoms with Crippen molar-refractivity contribution in [1.82, 2.24) is 15.5 Å². The van der Waals surface area contributed by atoms with Crippen LogP contribution in [-0.4, -0.2) is 47.8 Å². The summed E-state index contributed by atoms with van der Waals surface area (Å²) in [5, 5.41) is 5.76. The average molecular weight is 415 g/mol. The Hall–Kier alpha value is -2.67. The fourth-order valence-corrected chi connectivity index (χ4v) is 3.88. The minimum absolute atomic E-state index is 0.00462. The van der Waals surface area contributed by atoms with E-state index in [9.17, 15) is 14.4 Å². The lowest BCUT2D eigenvalue weighted by Crippen LogP contribution is -2.58. The highest BCUT2D eigenvalue weighted by Gasteiger charge is 2.36. The number of rotatable bonds is 10. The number of hydrogen-bond acceptors (Lipinski definition) is 4. The van der Waals surface area contributed by atoms with E-state index in [0.29, 0.717) is 12.8 Å². The van der Waals surface area contributed by atoms with Gasteiger partial charge in [-0.3, -0.25) is 14.4 Å². The number of hydrogen-bond donors (Lipinski definition) is 3. The molecule has 2 rings (SSSR count). The van der Waals surface area contributed by atoms with Crippen LogP contribution in [0.1, 0.15) is 57.6 Å². The summed E-state index contributed by atoms with van der Waals surface area (Å²) in [7, 11) is 0. The molecule has 1 aliphatic heterocycles. The summed E-state index contributed by atoms with van der Waals surface area (Å²) >= 11 is 0. The fourth-order valence-electron chi connectivity index (χ4n) is 3.88. The lowest BCUT2D eigenvalue weighted by Gasteiger charge is -2.39. The highest BCUT2D eigenvalue weighted by molar-refractivity contribution is 5.91. The largest absolute Gasteiger partial charge is 0.347 e. The second-order valence-electron chi connectivity index (χ2n) is 7.65. The van der Waals surface area contributed by atoms with Crippen molar-refractivity contribution in [3.05, 3.63) is 48.0 Å². The van der Waals surface area contributed by atoms with Crippen molar-refractivity contribution in [3.63, 3.8) is 0 Å². The number of carbonyl (C=O) groups excluding carboxylic acids is 3. The van der Waals surface area contributed by atoms with Crippen molar-refractivity contribution in [2.75, 3.05) is 13.1 Å². The van der Waals surface area contributed by atoms with Gasteiger partial charge in [-0.25, -0.2) is 0 Å². The van der Waals surface area contributed by atoms with E-state index < -0.39 is 6.04 Å². The van der Waals surface area contributed by atoms with Gasteiger partial charge >= 0.3 is 0 Å². The molecule has 1 aromatic rings. The van der Waals surface area contributed by atoms with Gasteiger partial charge in [0.05, 0.1) is 19.1 Å². The van der Waals surface area contributed by atoms with Crippen molar-refractivity contribution in [2.45, 2.75) is 64.1 Å². The predicted octanol–water partition coefficient (Wildman–Crippen LogP) is 2.04. The van der Waals surface area contributed by atoms with Crippen molar-refractivity contribution < 1.29 is 14.4 Å². The number of piperidine rings is 1. The zero-order valence-electron chi connectivity index (χ0n) is 18.0. The third kappa shape index (κ3) is 6.69. The minimum atomic E-state index is -0.616. The molecular weight excluding hydrogens is 380 g/mol. The van der Waals surface area contributed by atoms with E-state index in [1.54, 1.807) is 4.90 Å². The van der Waals surface area contributed by atoms with E-state index in [-0.39, 0.29) is 42.9 Å². The van der Waals surface area contributed by atoms with Gasteiger partial charge in [0, 0.05) is 6.04 Å². The van der Waals surface area contributed by atoms with Crippen molar-refractivity contribution >= 4 is 17.7 Å². The molecule has 0 aliphatic carbocycles. The number of benzene rings is 1. The molecule has 30 heavy (non-hydrogen) atoms. The van der Waals surface area contributed by atoms with Crippen molar-refractivity contribution in [1.29, 1.82) is 0 Å². The summed E-state index contributed by atoms with van der Waals surface area (Å²) in [5.74, 6) is -0.767. The molecule has 1 saturated heterocycles. The second-order valence-corrected chi connectivity index (χ2v) is 7.65. The quantitative estimate of drug-likeness (QED) is 0.510. The van der Waals surface area contributed by atoms with Gasteiger partial charge in [0.1, 0.15) is 6.04 Å². The summed E-state index contributed by atoms with van der Waals surface area (Å²) in [5.41, 5.74) is 6.39. The maximum atomic E-state index is 13.0. The molecule has 0 saturated carbocycles. The summed E-state index contributed by atoms with van der Waals surface area (Å²) in [6, 6.07) is 9.03. The van der Waals surface area contributed by atoms with Crippen LogP contribution in [0.4, 0.5) is 0 Å². The molecule has 1 aliphatic rings. The average Bonchev–Trinajstić information content (AvgIpc) is 2.76. The van der Waals surface area contributed by atoms with Gasteiger partial charge in [0.25, 0.3) is 0 Å². The molecule has 164 valence electrons. The van der Waals surface area contributed by atoms with Crippen LogP contribution in [0.5, 0.6) is 0 Å². The van der Waals surface area contributed by atoms with E-state index in [1.807, 2.05) is 49.4 Å². The maximum absolute atomic E-state index is 13.0. The summed E-state index contributed by atoms with van der Waals surface area (Å²) in [4.78, 5) is 39.2. The second kappa shape index (κ2) is 12.1. The minimum Gasteiger partial charge on any atom is -0.347 e. The van der Waals surface area contributed by atoms with Gasteiger partial charge < -0.3 is 21.3 Å². The lowest BCUT2D eigenvalue weighted by molar-refractivity contribution is -0.145. The van der Waals surface area contributed by atoms with Crippen molar-refractivity contribution in [3.8, 4) is 0 Å². The molecule has 0 aromatic heterocycles. The van der Waals surface area contributed by atoms with E-state index in [1.165, 1.54) is 0 Å². The lowest BCUT2D eigenvalue weighted by atomic mass is 9.94. The van der Waals surface area contributed by atoms with Gasteiger partial charge in [0.15, 0.2) is 0 Å². The van der Waals surface area contributed by atoms with Gasteiger partial charge in [-0.05, 0) is 38.2 Å². The molecule has 0 spiro atoms. The molecule has 1 aromatic carbocycles. The molecule has 0 radical (unpaired) electrons. The predicted molar refractivity (Wildman–Crippen MR) is 117 cm³/mol. The van der Waals surface area contributed by atoms with E-state index in [0.717, 1.165) is 24.8 Å². The van der Waals surface area contributed by atoms with Crippen LogP contribution in [0, 0.1) is 0 Å². The Labute approximate surface area is 179 Å². The Morgan fingerprint density at radius 1 is 1.23 bits per heavy atom. The number of amides is 3. The number of allylic oxidation sites excluding steroid dienone is 1. The molecular formula is C23H34N4O3. The first-order valence-electron chi connectivity index (χ1n) is 10.8. The number of likely N-dealkylation sites (tertiary alicyclic amines) is 1. The number of nitrogens with one attached hydrogen (secondary N) is 2. The van der Waals surface area contributed by atoms with Gasteiger partial charge in [-0.1, -0.05) is 55.8 Å². The normalized spacial score (nSPS) is 20.2. The Bertz CT molecular complexity index is 735. The van der Waals surface area contributed by atoms with Crippen LogP contribution in [0.2, 0.25) is 0 Å². The number of nitrogens with zero attached hydrogens (tertiary/aromatic N) is 1. The maximum Gasteiger partial charge on any atom is 0.245 e. The van der Waals surface area contributed by atoms with Gasteiger partial charge in [0.2, 0.25) is 17.7 Å². The smallest absolute Gasteiger partial charge is 0.245 e. The highest BCUT2D eigenvalue weighted by atomic mass is 16.2. The Balaban J connectivity index is 2.10. The first-order chi connectivity index (χ1) is 14.5. The van der Waals surface area contributed by atoms with Gasteiger partial charge in [-0.2, -0.15) is 0 Å². The molecule has 2 unspecified atom stereocenters. The van der Waals surface area contributed by atoms with Crippen LogP contribution >= 0.6 is 0 Å². The van der Waals surface area contributed by atoms with Crippen LogP contribution in [0.15, 0.2) is 42.5 Å². The molecule has 0 bridgehead atoms. The van der Waals surface area contributed by atoms with Crippen LogP contribution in [-0.2, 0) is 14.4 Å². The third-order valence-electron chi connectivity index (χ3n) is 5.41. The summed E-state index contributed by atoms with van der Waals surface area (Å²) in [6.45, 7) is 3.83. The molecule has 7 heteroatoms. The zero-order valence-corrected chi connectivity index (χ0v) is 18.0. The summed E-state index contributed by atoms with van der Waals surface area (Å²) in [6.07, 6.45) is 7.72. The monoisotopic (exact) mass is 414 g/mol. The number of carbonyl (C=O) groups is 3. The van der Waals surface area contributed by atoms with E-state index >= 15 is 0 Å². The zero-order chi connectivity index (χ0) is 21.9. The molecule has 3 atom stereocenters. The standard InChI is InChI=1S/C23H34N4O3/c1-3-5-12-19(17-10-7-6-8-11-17)25-22(29)16-27-18(9-4-2)13-14-20(23(27)30)26-21(28)15-24/h3,5-8,10-11,18-20H,4,9,12-16,24H2,1-2H3,(H,25,29)(H,26,28)/b5-3-/t18-,19?,20?/m1/s1. The summed E-state index contributed by atoms with van der Waals surface area (Å²) < 4.78 is 0. The fraction of sp³-hybridized carbons (Fsp3) is 0.522. The van der Waals surface area contributed by atoms with Crippen LogP contribution in [0.25, 0.3) is 0 Å². The van der Waals surface area contributed by atoms with Crippen LogP contribution in [0.3, 0.4) is 0 Å². The molecule has 1 fully saturated rings. The Morgan fingerprint density at radius 3 is 2.60 bits per heavy atom. The van der Waals surface area contributed by atoms with E-state index in [2.05, 4.69) is 17.6 Å². The number of nitrogens with two attached hydrogens (primary N) is 1. The molecule has 4 N–H and O–H groups in total. The topological polar surface area (TPSA) is 105 Å². The molecule has 1 heterocycles. The first-order valence-corrected chi connectivity index (χ1v) is 10.8. The Morgan fingerprint density at radius 2 is 1.97 bits per heavy atom. The van der Waals surface area contributed by atoms with E-state index in [4.69, 9.17) is 5.73 Å². The van der Waals surface area contributed by atoms with Gasteiger partial charge in [-0.15, -0.1) is 0 Å². The molecule has 7 nitrogen and oxygen atoms in total. The first kappa shape index (κ1) is 23.6. The van der Waals surface area contributed by atoms with Crippen molar-refractivity contribution in [2.24, 2.45) is 5.73 Å². The highest BCUT2D eigenvalue weighted by Crippen LogP contribution is 2.23.